The van der Waals surface area contributed by atoms with Crippen molar-refractivity contribution in [2.45, 2.75) is 12.8 Å². The lowest BCUT2D eigenvalue weighted by molar-refractivity contribution is -0.134. The highest BCUT2D eigenvalue weighted by Crippen LogP contribution is 2.43. The molecule has 2 aliphatic rings. The number of fused-ring (bicyclic) bond motifs is 2. The third kappa shape index (κ3) is 0.713. The van der Waals surface area contributed by atoms with Crippen LogP contribution >= 0.6 is 0 Å². The molecule has 0 heterocycles. The van der Waals surface area contributed by atoms with Gasteiger partial charge in [0.15, 0.2) is 0 Å². The minimum Gasteiger partial charge on any atom is -0.261 e. The molecule has 54 valence electrons. The predicted molar refractivity (Wildman–Crippen MR) is 35.0 cm³/mol. The first-order chi connectivity index (χ1) is 4.77. The van der Waals surface area contributed by atoms with Gasteiger partial charge in [-0.1, -0.05) is 12.2 Å². The van der Waals surface area contributed by atoms with E-state index in [4.69, 9.17) is 0 Å². The molecule has 2 heteroatoms. The van der Waals surface area contributed by atoms with Gasteiger partial charge in [-0.05, 0) is 24.7 Å². The summed E-state index contributed by atoms with van der Waals surface area (Å²) in [5.41, 5.74) is 0. The van der Waals surface area contributed by atoms with Crippen molar-refractivity contribution < 1.29 is 9.18 Å². The van der Waals surface area contributed by atoms with E-state index < -0.39 is 6.04 Å². The quantitative estimate of drug-likeness (QED) is 0.400. The van der Waals surface area contributed by atoms with E-state index in [1.54, 1.807) is 0 Å². The minimum atomic E-state index is -1.11. The standard InChI is InChI=1S/C8H9FO/c9-8(10)7-4-5-1-2-6(7)3-5/h1-2,5-7H,3-4H2. The van der Waals surface area contributed by atoms with Crippen LogP contribution in [0.4, 0.5) is 4.39 Å². The molecule has 10 heavy (non-hydrogen) atoms. The van der Waals surface area contributed by atoms with E-state index in [1.807, 2.05) is 6.08 Å². The minimum absolute atomic E-state index is 0.225. The van der Waals surface area contributed by atoms with Gasteiger partial charge in [0.05, 0.1) is 5.92 Å². The highest BCUT2D eigenvalue weighted by molar-refractivity contribution is 5.72. The van der Waals surface area contributed by atoms with E-state index in [-0.39, 0.29) is 11.8 Å². The van der Waals surface area contributed by atoms with Crippen LogP contribution in [0.3, 0.4) is 0 Å². The van der Waals surface area contributed by atoms with Crippen LogP contribution in [-0.4, -0.2) is 6.04 Å². The number of halogens is 1. The maximum absolute atomic E-state index is 12.2. The Kier molecular flexibility index (Phi) is 1.16. The highest BCUT2D eigenvalue weighted by atomic mass is 19.1. The molecule has 0 saturated heterocycles. The fourth-order valence-electron chi connectivity index (χ4n) is 2.04. The first-order valence-corrected chi connectivity index (χ1v) is 3.65. The molecule has 0 N–H and O–H groups in total. The molecule has 1 fully saturated rings. The van der Waals surface area contributed by atoms with Gasteiger partial charge in [0, 0.05) is 0 Å². The summed E-state index contributed by atoms with van der Waals surface area (Å²) in [5.74, 6) is 0.423. The second-order valence-electron chi connectivity index (χ2n) is 3.19. The average molecular weight is 140 g/mol. The molecular weight excluding hydrogens is 131 g/mol. The monoisotopic (exact) mass is 140 g/mol. The molecule has 0 amide bonds. The van der Waals surface area contributed by atoms with Gasteiger partial charge < -0.3 is 0 Å². The molecule has 0 aliphatic heterocycles. The first kappa shape index (κ1) is 6.08. The third-order valence-electron chi connectivity index (χ3n) is 2.57. The number of rotatable bonds is 1. The molecular formula is C8H9FO. The molecule has 2 bridgehead atoms. The van der Waals surface area contributed by atoms with Gasteiger partial charge in [0.25, 0.3) is 0 Å². The molecule has 3 atom stereocenters. The number of carbonyl (C=O) groups is 1. The zero-order valence-corrected chi connectivity index (χ0v) is 5.59. The molecule has 1 saturated carbocycles. The van der Waals surface area contributed by atoms with E-state index in [9.17, 15) is 9.18 Å². The Morgan fingerprint density at radius 1 is 1.40 bits per heavy atom. The zero-order chi connectivity index (χ0) is 7.14. The maximum Gasteiger partial charge on any atom is 0.305 e. The van der Waals surface area contributed by atoms with Crippen molar-refractivity contribution in [2.75, 3.05) is 0 Å². The largest absolute Gasteiger partial charge is 0.305 e. The molecule has 3 unspecified atom stereocenters. The molecule has 0 aromatic rings. The van der Waals surface area contributed by atoms with Crippen LogP contribution < -0.4 is 0 Å². The number of hydrogen-bond acceptors (Lipinski definition) is 1. The van der Waals surface area contributed by atoms with Crippen LogP contribution in [0.25, 0.3) is 0 Å². The summed E-state index contributed by atoms with van der Waals surface area (Å²) in [6, 6.07) is -1.11. The summed E-state index contributed by atoms with van der Waals surface area (Å²) in [6.45, 7) is 0. The van der Waals surface area contributed by atoms with Crippen molar-refractivity contribution in [1.82, 2.24) is 0 Å². The van der Waals surface area contributed by atoms with Crippen LogP contribution in [-0.2, 0) is 4.79 Å². The Balaban J connectivity index is 2.16. The van der Waals surface area contributed by atoms with Crippen molar-refractivity contribution >= 4 is 6.04 Å². The lowest BCUT2D eigenvalue weighted by Crippen LogP contribution is -2.14. The Morgan fingerprint density at radius 3 is 2.50 bits per heavy atom. The van der Waals surface area contributed by atoms with Crippen LogP contribution in [0, 0.1) is 17.8 Å². The fraction of sp³-hybridized carbons (Fsp3) is 0.625. The Bertz CT molecular complexity index is 197. The lowest BCUT2D eigenvalue weighted by Gasteiger charge is -2.10. The molecule has 2 rings (SSSR count). The number of hydrogen-bond donors (Lipinski definition) is 0. The number of carbonyl (C=O) groups excluding carboxylic acids is 1. The van der Waals surface area contributed by atoms with Gasteiger partial charge in [-0.2, -0.15) is 4.39 Å². The summed E-state index contributed by atoms with van der Waals surface area (Å²) >= 11 is 0. The summed E-state index contributed by atoms with van der Waals surface area (Å²) in [4.78, 5) is 10.3. The molecule has 0 aromatic carbocycles. The van der Waals surface area contributed by atoms with Crippen molar-refractivity contribution in [2.24, 2.45) is 17.8 Å². The van der Waals surface area contributed by atoms with Crippen molar-refractivity contribution in [3.05, 3.63) is 12.2 Å². The third-order valence-corrected chi connectivity index (χ3v) is 2.57. The second kappa shape index (κ2) is 1.91. The smallest absolute Gasteiger partial charge is 0.261 e. The van der Waals surface area contributed by atoms with Gasteiger partial charge in [-0.15, -0.1) is 0 Å². The van der Waals surface area contributed by atoms with Crippen molar-refractivity contribution in [3.63, 3.8) is 0 Å². The second-order valence-corrected chi connectivity index (χ2v) is 3.19. The van der Waals surface area contributed by atoms with E-state index in [0.717, 1.165) is 12.8 Å². The highest BCUT2D eigenvalue weighted by Gasteiger charge is 2.39. The predicted octanol–water partition coefficient (Wildman–Crippen LogP) is 1.69. The lowest BCUT2D eigenvalue weighted by atomic mass is 9.95. The van der Waals surface area contributed by atoms with E-state index in [2.05, 4.69) is 6.08 Å². The summed E-state index contributed by atoms with van der Waals surface area (Å²) < 4.78 is 12.2. The topological polar surface area (TPSA) is 17.1 Å². The van der Waals surface area contributed by atoms with Gasteiger partial charge in [-0.25, -0.2) is 0 Å². The Morgan fingerprint density at radius 2 is 2.20 bits per heavy atom. The molecule has 0 radical (unpaired) electrons. The van der Waals surface area contributed by atoms with Crippen molar-refractivity contribution in [1.29, 1.82) is 0 Å². The Labute approximate surface area is 58.9 Å². The maximum atomic E-state index is 12.2. The SMILES string of the molecule is O=C(F)C1CC2C=CC1C2. The van der Waals surface area contributed by atoms with Crippen LogP contribution in [0.1, 0.15) is 12.8 Å². The zero-order valence-electron chi connectivity index (χ0n) is 5.59. The van der Waals surface area contributed by atoms with E-state index in [1.165, 1.54) is 0 Å². The molecule has 0 spiro atoms. The summed E-state index contributed by atoms with van der Waals surface area (Å²) in [5, 5.41) is 0. The van der Waals surface area contributed by atoms with Crippen LogP contribution in [0.2, 0.25) is 0 Å². The summed E-state index contributed by atoms with van der Waals surface area (Å²) in [7, 11) is 0. The van der Waals surface area contributed by atoms with Gasteiger partial charge in [0.2, 0.25) is 0 Å². The molecule has 0 aromatic heterocycles. The molecule has 2 aliphatic carbocycles. The average Bonchev–Trinajstić information content (AvgIpc) is 2.44. The van der Waals surface area contributed by atoms with Crippen LogP contribution in [0.15, 0.2) is 12.2 Å². The van der Waals surface area contributed by atoms with Gasteiger partial charge in [-0.3, -0.25) is 4.79 Å². The number of allylic oxidation sites excluding steroid dienone is 2. The first-order valence-electron chi connectivity index (χ1n) is 3.65. The van der Waals surface area contributed by atoms with E-state index >= 15 is 0 Å². The van der Waals surface area contributed by atoms with Crippen LogP contribution in [0.5, 0.6) is 0 Å². The van der Waals surface area contributed by atoms with E-state index in [0.29, 0.717) is 5.92 Å². The molecule has 1 nitrogen and oxygen atoms in total. The van der Waals surface area contributed by atoms with Crippen molar-refractivity contribution in [3.8, 4) is 0 Å². The summed E-state index contributed by atoms with van der Waals surface area (Å²) in [6.07, 6.45) is 5.83. The fourth-order valence-corrected chi connectivity index (χ4v) is 2.04. The Hall–Kier alpha value is -0.660. The van der Waals surface area contributed by atoms with Gasteiger partial charge in [0.1, 0.15) is 0 Å². The normalized spacial score (nSPS) is 42.7. The van der Waals surface area contributed by atoms with Gasteiger partial charge >= 0.3 is 6.04 Å².